The molecule has 0 bridgehead atoms. The molecule has 0 N–H and O–H groups in total. The second-order valence-electron chi connectivity index (χ2n) is 7.41. The molecule has 0 atom stereocenters. The Morgan fingerprint density at radius 3 is 2.21 bits per heavy atom. The molecular weight excluding hydrogens is 346 g/mol. The van der Waals surface area contributed by atoms with E-state index in [2.05, 4.69) is 43.1 Å². The van der Waals surface area contributed by atoms with E-state index in [-0.39, 0.29) is 0 Å². The number of hydrogen-bond acceptors (Lipinski definition) is 3. The molecule has 154 valence electrons. The lowest BCUT2D eigenvalue weighted by Crippen LogP contribution is -1.98. The van der Waals surface area contributed by atoms with Gasteiger partial charge in [0.2, 0.25) is 0 Å². The summed E-state index contributed by atoms with van der Waals surface area (Å²) in [5.74, 6) is 0.945. The van der Waals surface area contributed by atoms with Crippen molar-refractivity contribution in [1.29, 1.82) is 0 Å². The third-order valence-corrected chi connectivity index (χ3v) is 4.84. The molecule has 3 nitrogen and oxygen atoms in total. The third-order valence-electron chi connectivity index (χ3n) is 4.84. The van der Waals surface area contributed by atoms with Crippen LogP contribution in [0.5, 0.6) is 5.75 Å². The summed E-state index contributed by atoms with van der Waals surface area (Å²) in [5, 5.41) is 0. The second kappa shape index (κ2) is 14.2. The van der Waals surface area contributed by atoms with Gasteiger partial charge in [0.05, 0.1) is 12.3 Å². The third kappa shape index (κ3) is 8.88. The van der Waals surface area contributed by atoms with Crippen molar-refractivity contribution in [2.75, 3.05) is 19.8 Å². The fourth-order valence-corrected chi connectivity index (χ4v) is 3.16. The van der Waals surface area contributed by atoms with Crippen LogP contribution in [0.3, 0.4) is 0 Å². The average molecular weight is 384 g/mol. The summed E-state index contributed by atoms with van der Waals surface area (Å²) in [6.45, 7) is 6.88. The van der Waals surface area contributed by atoms with Gasteiger partial charge < -0.3 is 9.47 Å². The van der Waals surface area contributed by atoms with Gasteiger partial charge in [-0.15, -0.1) is 0 Å². The molecule has 0 saturated heterocycles. The molecule has 2 rings (SSSR count). The van der Waals surface area contributed by atoms with Gasteiger partial charge >= 0.3 is 0 Å². The summed E-state index contributed by atoms with van der Waals surface area (Å²) < 4.78 is 11.4. The first-order chi connectivity index (χ1) is 13.8. The molecule has 0 aliphatic heterocycles. The predicted octanol–water partition coefficient (Wildman–Crippen LogP) is 6.85. The van der Waals surface area contributed by atoms with Gasteiger partial charge in [0.1, 0.15) is 5.75 Å². The Morgan fingerprint density at radius 1 is 0.714 bits per heavy atom. The molecule has 0 saturated carbocycles. The van der Waals surface area contributed by atoms with E-state index in [9.17, 15) is 0 Å². The predicted molar refractivity (Wildman–Crippen MR) is 118 cm³/mol. The molecule has 1 aromatic heterocycles. The van der Waals surface area contributed by atoms with Gasteiger partial charge in [-0.25, -0.2) is 0 Å². The summed E-state index contributed by atoms with van der Waals surface area (Å²) in [5.41, 5.74) is 3.40. The Balaban J connectivity index is 1.70. The maximum absolute atomic E-state index is 5.86. The molecule has 0 amide bonds. The maximum atomic E-state index is 5.86. The number of pyridine rings is 1. The van der Waals surface area contributed by atoms with Crippen LogP contribution in [-0.4, -0.2) is 24.8 Å². The van der Waals surface area contributed by atoms with Gasteiger partial charge in [-0.3, -0.25) is 4.98 Å². The van der Waals surface area contributed by atoms with Crippen molar-refractivity contribution in [2.45, 2.75) is 71.6 Å². The standard InChI is InChI=1S/C25H37NO2/c1-3-5-6-7-8-9-20-28-24-15-13-23(14-16-24)25-17-12-22(21-26-25)11-10-19-27-18-4-2/h12-17,21H,3-11,18-20H2,1-2H3. The van der Waals surface area contributed by atoms with Crippen molar-refractivity contribution in [2.24, 2.45) is 0 Å². The molecule has 1 aromatic carbocycles. The van der Waals surface area contributed by atoms with Gasteiger partial charge in [-0.1, -0.05) is 52.0 Å². The van der Waals surface area contributed by atoms with E-state index in [1.54, 1.807) is 0 Å². The lowest BCUT2D eigenvalue weighted by Gasteiger charge is -2.08. The first kappa shape index (κ1) is 22.4. The van der Waals surface area contributed by atoms with E-state index in [1.165, 1.54) is 37.7 Å². The van der Waals surface area contributed by atoms with Crippen LogP contribution >= 0.6 is 0 Å². The Morgan fingerprint density at radius 2 is 1.50 bits per heavy atom. The number of ether oxygens (including phenoxy) is 2. The summed E-state index contributed by atoms with van der Waals surface area (Å²) in [4.78, 5) is 4.62. The molecule has 1 heterocycles. The summed E-state index contributed by atoms with van der Waals surface area (Å²) >= 11 is 0. The highest BCUT2D eigenvalue weighted by atomic mass is 16.5. The minimum Gasteiger partial charge on any atom is -0.494 e. The van der Waals surface area contributed by atoms with Crippen LogP contribution in [0.15, 0.2) is 42.6 Å². The molecule has 28 heavy (non-hydrogen) atoms. The smallest absolute Gasteiger partial charge is 0.119 e. The lowest BCUT2D eigenvalue weighted by molar-refractivity contribution is 0.132. The molecule has 0 spiro atoms. The molecule has 0 radical (unpaired) electrons. The molecule has 0 fully saturated rings. The van der Waals surface area contributed by atoms with Gasteiger partial charge in [-0.2, -0.15) is 0 Å². The van der Waals surface area contributed by atoms with Crippen LogP contribution in [0.2, 0.25) is 0 Å². The zero-order chi connectivity index (χ0) is 19.9. The number of aryl methyl sites for hydroxylation is 1. The van der Waals surface area contributed by atoms with E-state index in [0.717, 1.165) is 62.5 Å². The lowest BCUT2D eigenvalue weighted by atomic mass is 10.1. The molecule has 2 aromatic rings. The first-order valence-electron chi connectivity index (χ1n) is 11.1. The fourth-order valence-electron chi connectivity index (χ4n) is 3.16. The Hall–Kier alpha value is -1.87. The minimum absolute atomic E-state index is 0.806. The van der Waals surface area contributed by atoms with E-state index in [4.69, 9.17) is 9.47 Å². The molecule has 0 aliphatic rings. The zero-order valence-corrected chi connectivity index (χ0v) is 17.8. The second-order valence-corrected chi connectivity index (χ2v) is 7.41. The van der Waals surface area contributed by atoms with Gasteiger partial charge in [0.25, 0.3) is 0 Å². The normalized spacial score (nSPS) is 10.9. The molecule has 0 aliphatic carbocycles. The minimum atomic E-state index is 0.806. The monoisotopic (exact) mass is 383 g/mol. The van der Waals surface area contributed by atoms with Gasteiger partial charge in [-0.05, 0) is 61.6 Å². The SMILES string of the molecule is CCCCCCCCOc1ccc(-c2ccc(CCCOCCC)cn2)cc1. The Kier molecular flexibility index (Phi) is 11.3. The van der Waals surface area contributed by atoms with E-state index < -0.39 is 0 Å². The van der Waals surface area contributed by atoms with Crippen LogP contribution in [0, 0.1) is 0 Å². The highest BCUT2D eigenvalue weighted by Crippen LogP contribution is 2.21. The van der Waals surface area contributed by atoms with Crippen LogP contribution in [-0.2, 0) is 11.2 Å². The van der Waals surface area contributed by atoms with Crippen LogP contribution < -0.4 is 4.74 Å². The average Bonchev–Trinajstić information content (AvgIpc) is 2.74. The maximum Gasteiger partial charge on any atom is 0.119 e. The summed E-state index contributed by atoms with van der Waals surface area (Å²) in [6.07, 6.45) is 12.9. The van der Waals surface area contributed by atoms with Crippen molar-refractivity contribution in [3.63, 3.8) is 0 Å². The highest BCUT2D eigenvalue weighted by molar-refractivity contribution is 5.60. The fraction of sp³-hybridized carbons (Fsp3) is 0.560. The van der Waals surface area contributed by atoms with Crippen molar-refractivity contribution < 1.29 is 9.47 Å². The van der Waals surface area contributed by atoms with Gasteiger partial charge in [0, 0.05) is 25.0 Å². The summed E-state index contributed by atoms with van der Waals surface area (Å²) in [7, 11) is 0. The zero-order valence-electron chi connectivity index (χ0n) is 17.8. The Labute approximate surface area is 171 Å². The van der Waals surface area contributed by atoms with Crippen molar-refractivity contribution >= 4 is 0 Å². The highest BCUT2D eigenvalue weighted by Gasteiger charge is 2.02. The van der Waals surface area contributed by atoms with Crippen LogP contribution in [0.1, 0.15) is 70.8 Å². The van der Waals surface area contributed by atoms with Crippen LogP contribution in [0.4, 0.5) is 0 Å². The quantitative estimate of drug-likeness (QED) is 0.315. The topological polar surface area (TPSA) is 31.4 Å². The number of rotatable bonds is 15. The number of benzene rings is 1. The number of hydrogen-bond donors (Lipinski definition) is 0. The number of nitrogens with zero attached hydrogens (tertiary/aromatic N) is 1. The van der Waals surface area contributed by atoms with E-state index >= 15 is 0 Å². The summed E-state index contributed by atoms with van der Waals surface area (Å²) in [6, 6.07) is 12.6. The van der Waals surface area contributed by atoms with Crippen molar-refractivity contribution in [3.05, 3.63) is 48.2 Å². The van der Waals surface area contributed by atoms with Crippen molar-refractivity contribution in [3.8, 4) is 17.0 Å². The molecule has 3 heteroatoms. The number of aromatic nitrogens is 1. The van der Waals surface area contributed by atoms with Gasteiger partial charge in [0.15, 0.2) is 0 Å². The molecular formula is C25H37NO2. The molecule has 0 unspecified atom stereocenters. The van der Waals surface area contributed by atoms with Crippen LogP contribution in [0.25, 0.3) is 11.3 Å². The van der Waals surface area contributed by atoms with E-state index in [0.29, 0.717) is 0 Å². The largest absolute Gasteiger partial charge is 0.494 e. The Bertz CT molecular complexity index is 622. The first-order valence-corrected chi connectivity index (χ1v) is 11.1. The van der Waals surface area contributed by atoms with Crippen molar-refractivity contribution in [1.82, 2.24) is 4.98 Å². The van der Waals surface area contributed by atoms with E-state index in [1.807, 2.05) is 18.3 Å². The number of unbranched alkanes of at least 4 members (excludes halogenated alkanes) is 5.